The van der Waals surface area contributed by atoms with Crippen LogP contribution in [0.2, 0.25) is 0 Å². The standard InChI is InChI=1S/C11H14O3/c12-11(13)7-9-14-8-6-10-4-2-1-3-5-10/h1-5H,6-9H2,(H,12,13). The van der Waals surface area contributed by atoms with Crippen LogP contribution in [-0.4, -0.2) is 24.3 Å². The summed E-state index contributed by atoms with van der Waals surface area (Å²) in [6, 6.07) is 9.98. The van der Waals surface area contributed by atoms with E-state index in [4.69, 9.17) is 9.84 Å². The second kappa shape index (κ2) is 6.16. The summed E-state index contributed by atoms with van der Waals surface area (Å²) < 4.78 is 5.17. The van der Waals surface area contributed by atoms with E-state index in [0.717, 1.165) is 6.42 Å². The highest BCUT2D eigenvalue weighted by Crippen LogP contribution is 1.99. The van der Waals surface area contributed by atoms with Crippen molar-refractivity contribution in [3.05, 3.63) is 35.9 Å². The maximum Gasteiger partial charge on any atom is 0.305 e. The Morgan fingerprint density at radius 2 is 1.93 bits per heavy atom. The van der Waals surface area contributed by atoms with Gasteiger partial charge in [-0.15, -0.1) is 0 Å². The first kappa shape index (κ1) is 10.7. The molecule has 0 amide bonds. The lowest BCUT2D eigenvalue weighted by molar-refractivity contribution is -0.138. The molecule has 1 rings (SSSR count). The van der Waals surface area contributed by atoms with Crippen LogP contribution in [0.15, 0.2) is 30.3 Å². The molecule has 0 radical (unpaired) electrons. The summed E-state index contributed by atoms with van der Waals surface area (Å²) in [5.41, 5.74) is 1.21. The highest BCUT2D eigenvalue weighted by molar-refractivity contribution is 5.66. The molecule has 0 fully saturated rings. The van der Waals surface area contributed by atoms with Gasteiger partial charge in [-0.3, -0.25) is 4.79 Å². The van der Waals surface area contributed by atoms with Crippen LogP contribution in [0.3, 0.4) is 0 Å². The highest BCUT2D eigenvalue weighted by atomic mass is 16.5. The molecule has 0 atom stereocenters. The Balaban J connectivity index is 2.08. The van der Waals surface area contributed by atoms with E-state index in [-0.39, 0.29) is 6.42 Å². The zero-order valence-electron chi connectivity index (χ0n) is 7.98. The molecule has 0 saturated carbocycles. The first-order valence-corrected chi connectivity index (χ1v) is 4.62. The SMILES string of the molecule is O=C(O)CCOCCc1ccccc1. The van der Waals surface area contributed by atoms with Crippen LogP contribution < -0.4 is 0 Å². The quantitative estimate of drug-likeness (QED) is 0.701. The van der Waals surface area contributed by atoms with Gasteiger partial charge < -0.3 is 9.84 Å². The van der Waals surface area contributed by atoms with Crippen molar-refractivity contribution in [3.63, 3.8) is 0 Å². The number of carboxylic acids is 1. The van der Waals surface area contributed by atoms with Gasteiger partial charge in [-0.05, 0) is 12.0 Å². The number of hydrogen-bond acceptors (Lipinski definition) is 2. The molecule has 14 heavy (non-hydrogen) atoms. The van der Waals surface area contributed by atoms with Gasteiger partial charge in [-0.1, -0.05) is 30.3 Å². The van der Waals surface area contributed by atoms with Gasteiger partial charge >= 0.3 is 5.97 Å². The third kappa shape index (κ3) is 4.62. The lowest BCUT2D eigenvalue weighted by Gasteiger charge is -2.02. The second-order valence-corrected chi connectivity index (χ2v) is 2.99. The molecular formula is C11H14O3. The molecule has 0 bridgehead atoms. The number of carbonyl (C=O) groups is 1. The fourth-order valence-corrected chi connectivity index (χ4v) is 1.10. The fraction of sp³-hybridized carbons (Fsp3) is 0.364. The average Bonchev–Trinajstić information content (AvgIpc) is 2.18. The predicted molar refractivity (Wildman–Crippen MR) is 53.2 cm³/mol. The second-order valence-electron chi connectivity index (χ2n) is 2.99. The molecule has 1 aromatic rings. The molecule has 0 unspecified atom stereocenters. The Labute approximate surface area is 83.3 Å². The summed E-state index contributed by atoms with van der Waals surface area (Å²) in [6.07, 6.45) is 0.912. The van der Waals surface area contributed by atoms with Crippen molar-refractivity contribution >= 4 is 5.97 Å². The molecule has 1 N–H and O–H groups in total. The van der Waals surface area contributed by atoms with Crippen molar-refractivity contribution in [2.75, 3.05) is 13.2 Å². The Morgan fingerprint density at radius 3 is 2.57 bits per heavy atom. The summed E-state index contributed by atoms with van der Waals surface area (Å²) >= 11 is 0. The number of benzene rings is 1. The third-order valence-electron chi connectivity index (χ3n) is 1.84. The topological polar surface area (TPSA) is 46.5 Å². The van der Waals surface area contributed by atoms with Gasteiger partial charge in [0.05, 0.1) is 19.6 Å². The van der Waals surface area contributed by atoms with Crippen molar-refractivity contribution in [3.8, 4) is 0 Å². The smallest absolute Gasteiger partial charge is 0.305 e. The monoisotopic (exact) mass is 194 g/mol. The minimum absolute atomic E-state index is 0.0782. The van der Waals surface area contributed by atoms with Gasteiger partial charge in [0, 0.05) is 0 Å². The van der Waals surface area contributed by atoms with Gasteiger partial charge in [0.25, 0.3) is 0 Å². The minimum Gasteiger partial charge on any atom is -0.481 e. The molecular weight excluding hydrogens is 180 g/mol. The largest absolute Gasteiger partial charge is 0.481 e. The summed E-state index contributed by atoms with van der Waals surface area (Å²) in [5.74, 6) is -0.815. The molecule has 1 aromatic carbocycles. The van der Waals surface area contributed by atoms with Crippen molar-refractivity contribution in [1.82, 2.24) is 0 Å². The van der Waals surface area contributed by atoms with E-state index < -0.39 is 5.97 Å². The van der Waals surface area contributed by atoms with Gasteiger partial charge in [-0.25, -0.2) is 0 Å². The number of carboxylic acid groups (broad SMARTS) is 1. The summed E-state index contributed by atoms with van der Waals surface area (Å²) in [6.45, 7) is 0.874. The maximum absolute atomic E-state index is 10.2. The van der Waals surface area contributed by atoms with Crippen LogP contribution in [0, 0.1) is 0 Å². The van der Waals surface area contributed by atoms with E-state index in [1.165, 1.54) is 5.56 Å². The van der Waals surface area contributed by atoms with Gasteiger partial charge in [-0.2, -0.15) is 0 Å². The van der Waals surface area contributed by atoms with E-state index in [9.17, 15) is 4.79 Å². The van der Waals surface area contributed by atoms with E-state index in [0.29, 0.717) is 13.2 Å². The molecule has 76 valence electrons. The molecule has 3 heteroatoms. The van der Waals surface area contributed by atoms with E-state index in [1.807, 2.05) is 30.3 Å². The van der Waals surface area contributed by atoms with Crippen LogP contribution in [0.5, 0.6) is 0 Å². The molecule has 3 nitrogen and oxygen atoms in total. The Morgan fingerprint density at radius 1 is 1.21 bits per heavy atom. The summed E-state index contributed by atoms with van der Waals surface area (Å²) in [4.78, 5) is 10.2. The molecule has 0 aliphatic carbocycles. The number of hydrogen-bond donors (Lipinski definition) is 1. The zero-order chi connectivity index (χ0) is 10.2. The number of aliphatic carboxylic acids is 1. The molecule has 0 aliphatic rings. The van der Waals surface area contributed by atoms with Crippen LogP contribution in [0.4, 0.5) is 0 Å². The van der Waals surface area contributed by atoms with Crippen molar-refractivity contribution in [2.24, 2.45) is 0 Å². The van der Waals surface area contributed by atoms with Crippen molar-refractivity contribution < 1.29 is 14.6 Å². The third-order valence-corrected chi connectivity index (χ3v) is 1.84. The minimum atomic E-state index is -0.815. The van der Waals surface area contributed by atoms with Crippen LogP contribution in [0.1, 0.15) is 12.0 Å². The summed E-state index contributed by atoms with van der Waals surface area (Å²) in [7, 11) is 0. The zero-order valence-corrected chi connectivity index (χ0v) is 7.98. The lowest BCUT2D eigenvalue weighted by atomic mass is 10.2. The molecule has 0 saturated heterocycles. The highest BCUT2D eigenvalue weighted by Gasteiger charge is 1.96. The molecule has 0 spiro atoms. The van der Waals surface area contributed by atoms with Crippen LogP contribution in [-0.2, 0) is 16.0 Å². The van der Waals surface area contributed by atoms with E-state index >= 15 is 0 Å². The van der Waals surface area contributed by atoms with Crippen LogP contribution in [0.25, 0.3) is 0 Å². The average molecular weight is 194 g/mol. The maximum atomic E-state index is 10.2. The predicted octanol–water partition coefficient (Wildman–Crippen LogP) is 1.72. The fourth-order valence-electron chi connectivity index (χ4n) is 1.10. The Kier molecular flexibility index (Phi) is 4.72. The molecule has 0 aromatic heterocycles. The summed E-state index contributed by atoms with van der Waals surface area (Å²) in [5, 5.41) is 8.35. The normalized spacial score (nSPS) is 10.0. The van der Waals surface area contributed by atoms with Gasteiger partial charge in [0.1, 0.15) is 0 Å². The number of ether oxygens (including phenoxy) is 1. The van der Waals surface area contributed by atoms with Crippen molar-refractivity contribution in [2.45, 2.75) is 12.8 Å². The molecule has 0 heterocycles. The Bertz CT molecular complexity index is 269. The molecule has 0 aliphatic heterocycles. The van der Waals surface area contributed by atoms with Crippen LogP contribution >= 0.6 is 0 Å². The Hall–Kier alpha value is -1.35. The first-order valence-electron chi connectivity index (χ1n) is 4.62. The van der Waals surface area contributed by atoms with E-state index in [1.54, 1.807) is 0 Å². The van der Waals surface area contributed by atoms with E-state index in [2.05, 4.69) is 0 Å². The van der Waals surface area contributed by atoms with Crippen molar-refractivity contribution in [1.29, 1.82) is 0 Å². The van der Waals surface area contributed by atoms with Gasteiger partial charge in [0.15, 0.2) is 0 Å². The number of rotatable bonds is 6. The first-order chi connectivity index (χ1) is 6.79. The lowest BCUT2D eigenvalue weighted by Crippen LogP contribution is -2.05. The van der Waals surface area contributed by atoms with Gasteiger partial charge in [0.2, 0.25) is 0 Å².